The molecule has 5 nitrogen and oxygen atoms in total. The van der Waals surface area contributed by atoms with Crippen LogP contribution >= 0.6 is 0 Å². The fourth-order valence-electron chi connectivity index (χ4n) is 2.76. The van der Waals surface area contributed by atoms with E-state index in [9.17, 15) is 14.0 Å². The van der Waals surface area contributed by atoms with Gasteiger partial charge in [0, 0.05) is 6.42 Å². The maximum atomic E-state index is 13.0. The Morgan fingerprint density at radius 2 is 2.13 bits per heavy atom. The second kappa shape index (κ2) is 8.62. The van der Waals surface area contributed by atoms with Gasteiger partial charge in [-0.15, -0.1) is 0 Å². The van der Waals surface area contributed by atoms with Crippen LogP contribution < -0.4 is 10.6 Å². The van der Waals surface area contributed by atoms with Gasteiger partial charge in [0.05, 0.1) is 19.6 Å². The number of halogens is 1. The summed E-state index contributed by atoms with van der Waals surface area (Å²) < 4.78 is 17.7. The number of ether oxygens (including phenoxy) is 1. The highest BCUT2D eigenvalue weighted by Crippen LogP contribution is 2.19. The standard InChI is InChI=1S/C17H23FN2O3/c1-23-17(22)10-15(13-3-5-14(18)6-4-13)20-16(21)7-2-12-8-9-19-11-12/h3-6,12,15,19H,2,7-11H2,1H3,(H,20,21). The summed E-state index contributed by atoms with van der Waals surface area (Å²) in [5.41, 5.74) is 0.688. The molecule has 0 bridgehead atoms. The van der Waals surface area contributed by atoms with E-state index in [4.69, 9.17) is 0 Å². The van der Waals surface area contributed by atoms with Crippen LogP contribution in [-0.2, 0) is 14.3 Å². The van der Waals surface area contributed by atoms with Gasteiger partial charge >= 0.3 is 5.97 Å². The predicted octanol–water partition coefficient (Wildman–Crippen LogP) is 1.94. The molecular weight excluding hydrogens is 299 g/mol. The second-order valence-corrected chi connectivity index (χ2v) is 5.85. The summed E-state index contributed by atoms with van der Waals surface area (Å²) in [5.74, 6) is -0.342. The molecule has 2 rings (SSSR count). The normalized spacial score (nSPS) is 18.4. The van der Waals surface area contributed by atoms with Crippen molar-refractivity contribution < 1.29 is 18.7 Å². The van der Waals surface area contributed by atoms with Crippen LogP contribution in [0, 0.1) is 11.7 Å². The summed E-state index contributed by atoms with van der Waals surface area (Å²) >= 11 is 0. The molecule has 126 valence electrons. The maximum Gasteiger partial charge on any atom is 0.307 e. The molecular formula is C17H23FN2O3. The highest BCUT2D eigenvalue weighted by molar-refractivity contribution is 5.78. The molecule has 1 amide bonds. The Bertz CT molecular complexity index is 527. The van der Waals surface area contributed by atoms with Crippen molar-refractivity contribution in [2.45, 2.75) is 31.7 Å². The number of benzene rings is 1. The zero-order valence-corrected chi connectivity index (χ0v) is 13.3. The third-order valence-electron chi connectivity index (χ3n) is 4.15. The SMILES string of the molecule is COC(=O)CC(NC(=O)CCC1CCNC1)c1ccc(F)cc1. The average molecular weight is 322 g/mol. The minimum atomic E-state index is -0.503. The molecule has 1 aromatic rings. The van der Waals surface area contributed by atoms with Crippen LogP contribution in [0.1, 0.15) is 37.3 Å². The van der Waals surface area contributed by atoms with Crippen LogP contribution in [0.3, 0.4) is 0 Å². The van der Waals surface area contributed by atoms with Crippen molar-refractivity contribution in [2.24, 2.45) is 5.92 Å². The first-order valence-electron chi connectivity index (χ1n) is 7.91. The summed E-state index contributed by atoms with van der Waals surface area (Å²) in [6, 6.07) is 5.28. The van der Waals surface area contributed by atoms with E-state index in [1.165, 1.54) is 19.2 Å². The summed E-state index contributed by atoms with van der Waals surface area (Å²) in [6.45, 7) is 1.96. The Labute approximate surface area is 135 Å². The third kappa shape index (κ3) is 5.63. The second-order valence-electron chi connectivity index (χ2n) is 5.85. The zero-order valence-electron chi connectivity index (χ0n) is 13.3. The molecule has 1 aromatic carbocycles. The number of esters is 1. The number of hydrogen-bond donors (Lipinski definition) is 2. The van der Waals surface area contributed by atoms with Crippen LogP contribution in [0.15, 0.2) is 24.3 Å². The number of hydrogen-bond acceptors (Lipinski definition) is 4. The third-order valence-corrected chi connectivity index (χ3v) is 4.15. The van der Waals surface area contributed by atoms with Gasteiger partial charge in [-0.2, -0.15) is 0 Å². The minimum Gasteiger partial charge on any atom is -0.469 e. The molecule has 23 heavy (non-hydrogen) atoms. The first-order chi connectivity index (χ1) is 11.1. The molecule has 0 radical (unpaired) electrons. The van der Waals surface area contributed by atoms with E-state index in [1.54, 1.807) is 12.1 Å². The predicted molar refractivity (Wildman–Crippen MR) is 84.1 cm³/mol. The monoisotopic (exact) mass is 322 g/mol. The van der Waals surface area contributed by atoms with Crippen molar-refractivity contribution in [3.05, 3.63) is 35.6 Å². The Balaban J connectivity index is 1.94. The molecule has 0 aromatic heterocycles. The summed E-state index contributed by atoms with van der Waals surface area (Å²) in [7, 11) is 1.30. The number of carbonyl (C=O) groups is 2. The van der Waals surface area contributed by atoms with E-state index >= 15 is 0 Å². The maximum absolute atomic E-state index is 13.0. The molecule has 1 aliphatic heterocycles. The molecule has 2 atom stereocenters. The molecule has 0 spiro atoms. The molecule has 0 aliphatic carbocycles. The molecule has 1 heterocycles. The highest BCUT2D eigenvalue weighted by Gasteiger charge is 2.20. The fourth-order valence-corrected chi connectivity index (χ4v) is 2.76. The van der Waals surface area contributed by atoms with Gasteiger partial charge in [0.1, 0.15) is 5.82 Å². The molecule has 2 unspecified atom stereocenters. The number of nitrogens with one attached hydrogen (secondary N) is 2. The van der Waals surface area contributed by atoms with Gasteiger partial charge in [0.15, 0.2) is 0 Å². The van der Waals surface area contributed by atoms with Crippen molar-refractivity contribution in [3.8, 4) is 0 Å². The number of amides is 1. The molecule has 0 saturated carbocycles. The molecule has 2 N–H and O–H groups in total. The quantitative estimate of drug-likeness (QED) is 0.753. The fraction of sp³-hybridized carbons (Fsp3) is 0.529. The number of methoxy groups -OCH3 is 1. The Hall–Kier alpha value is -1.95. The van der Waals surface area contributed by atoms with E-state index in [1.807, 2.05) is 0 Å². The summed E-state index contributed by atoms with van der Waals surface area (Å²) in [6.07, 6.45) is 2.37. The van der Waals surface area contributed by atoms with Crippen LogP contribution in [0.5, 0.6) is 0 Å². The van der Waals surface area contributed by atoms with Crippen molar-refractivity contribution >= 4 is 11.9 Å². The highest BCUT2D eigenvalue weighted by atomic mass is 19.1. The Kier molecular flexibility index (Phi) is 6.52. The number of rotatable bonds is 7. The van der Waals surface area contributed by atoms with Crippen molar-refractivity contribution in [1.82, 2.24) is 10.6 Å². The Morgan fingerprint density at radius 3 is 2.74 bits per heavy atom. The van der Waals surface area contributed by atoms with Crippen LogP contribution in [0.2, 0.25) is 0 Å². The summed E-state index contributed by atoms with van der Waals surface area (Å²) in [4.78, 5) is 23.7. The van der Waals surface area contributed by atoms with Gasteiger partial charge in [0.25, 0.3) is 0 Å². The lowest BCUT2D eigenvalue weighted by Gasteiger charge is -2.19. The van der Waals surface area contributed by atoms with Gasteiger partial charge in [-0.3, -0.25) is 9.59 Å². The van der Waals surface area contributed by atoms with Gasteiger partial charge < -0.3 is 15.4 Å². The zero-order chi connectivity index (χ0) is 16.7. The smallest absolute Gasteiger partial charge is 0.307 e. The summed E-state index contributed by atoms with van der Waals surface area (Å²) in [5, 5.41) is 6.13. The van der Waals surface area contributed by atoms with Crippen molar-refractivity contribution in [2.75, 3.05) is 20.2 Å². The lowest BCUT2D eigenvalue weighted by Crippen LogP contribution is -2.30. The van der Waals surface area contributed by atoms with Gasteiger partial charge in [-0.05, 0) is 49.5 Å². The van der Waals surface area contributed by atoms with Crippen LogP contribution in [-0.4, -0.2) is 32.1 Å². The Morgan fingerprint density at radius 1 is 1.39 bits per heavy atom. The van der Waals surface area contributed by atoms with Crippen LogP contribution in [0.25, 0.3) is 0 Å². The average Bonchev–Trinajstić information content (AvgIpc) is 3.06. The minimum absolute atomic E-state index is 0.0266. The van der Waals surface area contributed by atoms with Crippen molar-refractivity contribution in [1.29, 1.82) is 0 Å². The van der Waals surface area contributed by atoms with E-state index in [2.05, 4.69) is 15.4 Å². The van der Waals surface area contributed by atoms with Gasteiger partial charge in [-0.1, -0.05) is 12.1 Å². The lowest BCUT2D eigenvalue weighted by atomic mass is 10.0. The van der Waals surface area contributed by atoms with Gasteiger partial charge in [-0.25, -0.2) is 4.39 Å². The lowest BCUT2D eigenvalue weighted by molar-refractivity contribution is -0.141. The van der Waals surface area contributed by atoms with E-state index in [0.717, 1.165) is 25.9 Å². The molecule has 1 fully saturated rings. The van der Waals surface area contributed by atoms with Crippen molar-refractivity contribution in [3.63, 3.8) is 0 Å². The van der Waals surface area contributed by atoms with E-state index in [0.29, 0.717) is 17.9 Å². The van der Waals surface area contributed by atoms with Crippen LogP contribution in [0.4, 0.5) is 4.39 Å². The van der Waals surface area contributed by atoms with E-state index < -0.39 is 12.0 Å². The first kappa shape index (κ1) is 17.4. The molecule has 1 saturated heterocycles. The number of carbonyl (C=O) groups excluding carboxylic acids is 2. The molecule has 1 aliphatic rings. The van der Waals surface area contributed by atoms with Gasteiger partial charge in [0.2, 0.25) is 5.91 Å². The topological polar surface area (TPSA) is 67.4 Å². The largest absolute Gasteiger partial charge is 0.469 e. The van der Waals surface area contributed by atoms with E-state index in [-0.39, 0.29) is 18.1 Å². The molecule has 6 heteroatoms. The first-order valence-corrected chi connectivity index (χ1v) is 7.91.